The number of aromatic nitrogens is 1. The molecule has 20 heavy (non-hydrogen) atoms. The van der Waals surface area contributed by atoms with Crippen LogP contribution < -0.4 is 4.74 Å². The first-order valence-corrected chi connectivity index (χ1v) is 6.38. The molecule has 0 saturated carbocycles. The SMILES string of the molecule is COc1cccc(C=Nc2cccc3cnccc23)c1. The zero-order chi connectivity index (χ0) is 13.8. The predicted molar refractivity (Wildman–Crippen MR) is 82.0 cm³/mol. The largest absolute Gasteiger partial charge is 0.497 e. The van der Waals surface area contributed by atoms with Gasteiger partial charge in [0.1, 0.15) is 5.75 Å². The van der Waals surface area contributed by atoms with Gasteiger partial charge in [-0.1, -0.05) is 24.3 Å². The van der Waals surface area contributed by atoms with Crippen molar-refractivity contribution in [3.05, 3.63) is 66.5 Å². The smallest absolute Gasteiger partial charge is 0.119 e. The molecular weight excluding hydrogens is 248 g/mol. The Bertz CT molecular complexity index is 760. The van der Waals surface area contributed by atoms with Crippen LogP contribution in [0.3, 0.4) is 0 Å². The number of nitrogens with zero attached hydrogens (tertiary/aromatic N) is 2. The second-order valence-electron chi connectivity index (χ2n) is 4.41. The van der Waals surface area contributed by atoms with Gasteiger partial charge >= 0.3 is 0 Å². The van der Waals surface area contributed by atoms with Crippen molar-refractivity contribution in [2.45, 2.75) is 0 Å². The second-order valence-corrected chi connectivity index (χ2v) is 4.41. The van der Waals surface area contributed by atoms with Crippen molar-refractivity contribution in [2.75, 3.05) is 7.11 Å². The van der Waals surface area contributed by atoms with E-state index in [2.05, 4.69) is 9.98 Å². The summed E-state index contributed by atoms with van der Waals surface area (Å²) in [5, 5.41) is 2.19. The fourth-order valence-electron chi connectivity index (χ4n) is 2.08. The minimum atomic E-state index is 0.830. The Labute approximate surface area is 117 Å². The highest BCUT2D eigenvalue weighted by molar-refractivity contribution is 5.94. The zero-order valence-electron chi connectivity index (χ0n) is 11.2. The number of fused-ring (bicyclic) bond motifs is 1. The molecule has 0 fully saturated rings. The standard InChI is InChI=1S/C17H14N2O/c1-20-15-6-2-4-13(10-15)11-19-17-7-3-5-14-12-18-9-8-16(14)17/h2-12H,1H3. The molecular formula is C17H14N2O. The maximum atomic E-state index is 5.21. The fourth-order valence-corrected chi connectivity index (χ4v) is 2.08. The molecule has 0 radical (unpaired) electrons. The van der Waals surface area contributed by atoms with Crippen LogP contribution in [-0.4, -0.2) is 18.3 Å². The van der Waals surface area contributed by atoms with Crippen molar-refractivity contribution in [1.82, 2.24) is 4.98 Å². The van der Waals surface area contributed by atoms with Crippen molar-refractivity contribution >= 4 is 22.7 Å². The van der Waals surface area contributed by atoms with E-state index in [0.29, 0.717) is 0 Å². The normalized spacial score (nSPS) is 11.1. The van der Waals surface area contributed by atoms with E-state index in [1.807, 2.05) is 60.9 Å². The molecule has 3 heteroatoms. The van der Waals surface area contributed by atoms with E-state index >= 15 is 0 Å². The highest BCUT2D eigenvalue weighted by Crippen LogP contribution is 2.24. The van der Waals surface area contributed by atoms with Crippen LogP contribution in [0.4, 0.5) is 5.69 Å². The Morgan fingerprint density at radius 3 is 2.90 bits per heavy atom. The van der Waals surface area contributed by atoms with Gasteiger partial charge in [0.25, 0.3) is 0 Å². The van der Waals surface area contributed by atoms with E-state index in [0.717, 1.165) is 27.8 Å². The third kappa shape index (κ3) is 2.52. The van der Waals surface area contributed by atoms with Crippen LogP contribution in [0.1, 0.15) is 5.56 Å². The Morgan fingerprint density at radius 1 is 1.10 bits per heavy atom. The molecule has 98 valence electrons. The Balaban J connectivity index is 1.98. The monoisotopic (exact) mass is 262 g/mol. The summed E-state index contributed by atoms with van der Waals surface area (Å²) in [6.07, 6.45) is 5.48. The van der Waals surface area contributed by atoms with Crippen LogP contribution in [0.15, 0.2) is 65.9 Å². The molecule has 0 aliphatic carbocycles. The molecule has 3 nitrogen and oxygen atoms in total. The summed E-state index contributed by atoms with van der Waals surface area (Å²) in [7, 11) is 1.66. The molecule has 0 spiro atoms. The summed E-state index contributed by atoms with van der Waals surface area (Å²) >= 11 is 0. The molecule has 3 aromatic rings. The molecule has 0 unspecified atom stereocenters. The van der Waals surface area contributed by atoms with E-state index in [1.165, 1.54) is 0 Å². The molecule has 3 rings (SSSR count). The second kappa shape index (κ2) is 5.53. The number of ether oxygens (including phenoxy) is 1. The molecule has 0 bridgehead atoms. The molecule has 1 heterocycles. The fraction of sp³-hybridized carbons (Fsp3) is 0.0588. The van der Waals surface area contributed by atoms with Crippen molar-refractivity contribution in [2.24, 2.45) is 4.99 Å². The summed E-state index contributed by atoms with van der Waals surface area (Å²) in [6, 6.07) is 15.8. The number of hydrogen-bond acceptors (Lipinski definition) is 3. The van der Waals surface area contributed by atoms with Crippen LogP contribution in [0, 0.1) is 0 Å². The molecule has 1 aromatic heterocycles. The first kappa shape index (κ1) is 12.4. The van der Waals surface area contributed by atoms with Crippen LogP contribution in [0.25, 0.3) is 10.8 Å². The summed E-state index contributed by atoms with van der Waals surface area (Å²) in [5.74, 6) is 0.830. The average molecular weight is 262 g/mol. The topological polar surface area (TPSA) is 34.5 Å². The molecule has 0 aliphatic rings. The Kier molecular flexibility index (Phi) is 3.42. The molecule has 0 saturated heterocycles. The summed E-state index contributed by atoms with van der Waals surface area (Å²) < 4.78 is 5.21. The molecule has 0 atom stereocenters. The maximum absolute atomic E-state index is 5.21. The van der Waals surface area contributed by atoms with Crippen molar-refractivity contribution in [3.8, 4) is 5.75 Å². The number of aliphatic imine (C=N–C) groups is 1. The Hall–Kier alpha value is -2.68. The van der Waals surface area contributed by atoms with E-state index in [-0.39, 0.29) is 0 Å². The summed E-state index contributed by atoms with van der Waals surface area (Å²) in [4.78, 5) is 8.70. The number of pyridine rings is 1. The van der Waals surface area contributed by atoms with Gasteiger partial charge in [-0.15, -0.1) is 0 Å². The highest BCUT2D eigenvalue weighted by Gasteiger charge is 1.98. The van der Waals surface area contributed by atoms with Gasteiger partial charge in [-0.25, -0.2) is 0 Å². The van der Waals surface area contributed by atoms with Gasteiger partial charge < -0.3 is 4.74 Å². The lowest BCUT2D eigenvalue weighted by atomic mass is 10.1. The quantitative estimate of drug-likeness (QED) is 0.669. The van der Waals surface area contributed by atoms with Gasteiger partial charge in [0.2, 0.25) is 0 Å². The number of benzene rings is 2. The van der Waals surface area contributed by atoms with E-state index in [4.69, 9.17) is 4.74 Å². The summed E-state index contributed by atoms with van der Waals surface area (Å²) in [6.45, 7) is 0. The number of hydrogen-bond donors (Lipinski definition) is 0. The third-order valence-corrected chi connectivity index (χ3v) is 3.10. The minimum Gasteiger partial charge on any atom is -0.497 e. The summed E-state index contributed by atoms with van der Waals surface area (Å²) in [5.41, 5.74) is 1.95. The van der Waals surface area contributed by atoms with Gasteiger partial charge in [-0.2, -0.15) is 0 Å². The molecule has 0 N–H and O–H groups in total. The van der Waals surface area contributed by atoms with Gasteiger partial charge in [0.05, 0.1) is 12.8 Å². The van der Waals surface area contributed by atoms with E-state index in [9.17, 15) is 0 Å². The first-order valence-electron chi connectivity index (χ1n) is 6.38. The maximum Gasteiger partial charge on any atom is 0.119 e. The zero-order valence-corrected chi connectivity index (χ0v) is 11.2. The van der Waals surface area contributed by atoms with Crippen LogP contribution >= 0.6 is 0 Å². The van der Waals surface area contributed by atoms with E-state index < -0.39 is 0 Å². The number of rotatable bonds is 3. The van der Waals surface area contributed by atoms with Crippen LogP contribution in [0.2, 0.25) is 0 Å². The Morgan fingerprint density at radius 2 is 2.00 bits per heavy atom. The molecule has 2 aromatic carbocycles. The predicted octanol–water partition coefficient (Wildman–Crippen LogP) is 3.99. The minimum absolute atomic E-state index is 0.830. The van der Waals surface area contributed by atoms with Gasteiger partial charge in [-0.3, -0.25) is 9.98 Å². The van der Waals surface area contributed by atoms with Gasteiger partial charge in [-0.05, 0) is 29.8 Å². The van der Waals surface area contributed by atoms with Crippen molar-refractivity contribution < 1.29 is 4.74 Å². The van der Waals surface area contributed by atoms with Crippen LogP contribution in [-0.2, 0) is 0 Å². The number of methoxy groups -OCH3 is 1. The van der Waals surface area contributed by atoms with Gasteiger partial charge in [0.15, 0.2) is 0 Å². The van der Waals surface area contributed by atoms with Gasteiger partial charge in [0, 0.05) is 29.4 Å². The first-order chi connectivity index (χ1) is 9.86. The lowest BCUT2D eigenvalue weighted by Crippen LogP contribution is -1.85. The van der Waals surface area contributed by atoms with Crippen molar-refractivity contribution in [1.29, 1.82) is 0 Å². The van der Waals surface area contributed by atoms with E-state index in [1.54, 1.807) is 13.3 Å². The lowest BCUT2D eigenvalue weighted by molar-refractivity contribution is 0.415. The van der Waals surface area contributed by atoms with Crippen molar-refractivity contribution in [3.63, 3.8) is 0 Å². The third-order valence-electron chi connectivity index (χ3n) is 3.10. The molecule has 0 aliphatic heterocycles. The average Bonchev–Trinajstić information content (AvgIpc) is 2.53. The highest BCUT2D eigenvalue weighted by atomic mass is 16.5. The lowest BCUT2D eigenvalue weighted by Gasteiger charge is -2.02. The molecule has 0 amide bonds. The van der Waals surface area contributed by atoms with Crippen LogP contribution in [0.5, 0.6) is 5.75 Å².